The van der Waals surface area contributed by atoms with Gasteiger partial charge in [-0.2, -0.15) is 0 Å². The van der Waals surface area contributed by atoms with Crippen molar-refractivity contribution in [3.05, 3.63) is 83.4 Å². The predicted octanol–water partition coefficient (Wildman–Crippen LogP) is 3.72. The molecule has 0 bridgehead atoms. The molecule has 0 aromatic heterocycles. The Morgan fingerprint density at radius 3 is 2.21 bits per heavy atom. The predicted molar refractivity (Wildman–Crippen MR) is 146 cm³/mol. The smallest absolute Gasteiger partial charge is 0.264 e. The Morgan fingerprint density at radius 1 is 0.947 bits per heavy atom. The molecule has 3 aromatic carbocycles. The van der Waals surface area contributed by atoms with Gasteiger partial charge in [0, 0.05) is 18.6 Å². The van der Waals surface area contributed by atoms with E-state index in [9.17, 15) is 18.0 Å². The minimum Gasteiger partial charge on any atom is -0.497 e. The second kappa shape index (κ2) is 12.7. The standard InChI is InChI=1S/C27H30ClN3O6S/c1-19(27(33)29-2)30(17-20-7-5-10-24(15-20)37-4)26(32)18-31(22-9-6-8-21(28)16-22)38(34,35)25-13-11-23(36-3)12-14-25/h5-16,19H,17-18H2,1-4H3,(H,29,33)/t19-/m1/s1. The van der Waals surface area contributed by atoms with E-state index in [2.05, 4.69) is 5.32 Å². The summed E-state index contributed by atoms with van der Waals surface area (Å²) >= 11 is 6.17. The van der Waals surface area contributed by atoms with Crippen LogP contribution in [-0.4, -0.2) is 59.0 Å². The number of halogens is 1. The summed E-state index contributed by atoms with van der Waals surface area (Å²) in [7, 11) is 0.270. The van der Waals surface area contributed by atoms with E-state index in [1.54, 1.807) is 49.4 Å². The van der Waals surface area contributed by atoms with Gasteiger partial charge in [-0.15, -0.1) is 0 Å². The van der Waals surface area contributed by atoms with Crippen LogP contribution in [0.5, 0.6) is 11.5 Å². The van der Waals surface area contributed by atoms with Crippen LogP contribution in [0.15, 0.2) is 77.7 Å². The van der Waals surface area contributed by atoms with Crippen LogP contribution in [0.25, 0.3) is 0 Å². The number of nitrogens with one attached hydrogen (secondary N) is 1. The first-order chi connectivity index (χ1) is 18.1. The van der Waals surface area contributed by atoms with Crippen molar-refractivity contribution in [2.75, 3.05) is 32.1 Å². The average molecular weight is 560 g/mol. The summed E-state index contributed by atoms with van der Waals surface area (Å²) in [5.74, 6) is 0.0953. The molecule has 11 heteroatoms. The van der Waals surface area contributed by atoms with Crippen molar-refractivity contribution in [2.45, 2.75) is 24.4 Å². The zero-order valence-corrected chi connectivity index (χ0v) is 23.1. The highest BCUT2D eigenvalue weighted by Gasteiger charge is 2.32. The molecule has 0 fully saturated rings. The lowest BCUT2D eigenvalue weighted by Crippen LogP contribution is -2.50. The number of carbonyl (C=O) groups is 2. The first-order valence-corrected chi connectivity index (χ1v) is 13.5. The Hall–Kier alpha value is -3.76. The topological polar surface area (TPSA) is 105 Å². The monoisotopic (exact) mass is 559 g/mol. The van der Waals surface area contributed by atoms with Gasteiger partial charge in [0.25, 0.3) is 10.0 Å². The lowest BCUT2D eigenvalue weighted by molar-refractivity contribution is -0.139. The molecule has 202 valence electrons. The van der Waals surface area contributed by atoms with Crippen LogP contribution in [0.4, 0.5) is 5.69 Å². The zero-order chi connectivity index (χ0) is 27.9. The van der Waals surface area contributed by atoms with Crippen LogP contribution in [0.3, 0.4) is 0 Å². The van der Waals surface area contributed by atoms with Gasteiger partial charge in [-0.1, -0.05) is 29.8 Å². The molecule has 3 aromatic rings. The molecule has 1 atom stereocenters. The van der Waals surface area contributed by atoms with Crippen molar-refractivity contribution in [2.24, 2.45) is 0 Å². The van der Waals surface area contributed by atoms with Crippen molar-refractivity contribution in [3.8, 4) is 11.5 Å². The summed E-state index contributed by atoms with van der Waals surface area (Å²) in [6.07, 6.45) is 0. The molecule has 0 aliphatic heterocycles. The van der Waals surface area contributed by atoms with E-state index in [1.807, 2.05) is 0 Å². The number of hydrogen-bond donors (Lipinski definition) is 1. The van der Waals surface area contributed by atoms with Gasteiger partial charge in [-0.3, -0.25) is 13.9 Å². The van der Waals surface area contributed by atoms with Crippen molar-refractivity contribution >= 4 is 39.1 Å². The maximum atomic E-state index is 13.8. The fourth-order valence-corrected chi connectivity index (χ4v) is 5.38. The third-order valence-electron chi connectivity index (χ3n) is 5.92. The first kappa shape index (κ1) is 28.8. The third kappa shape index (κ3) is 6.76. The maximum Gasteiger partial charge on any atom is 0.264 e. The van der Waals surface area contributed by atoms with E-state index < -0.39 is 34.4 Å². The molecular formula is C27H30ClN3O6S. The van der Waals surface area contributed by atoms with Crippen LogP contribution in [0, 0.1) is 0 Å². The number of sulfonamides is 1. The number of ether oxygens (including phenoxy) is 2. The second-order valence-corrected chi connectivity index (χ2v) is 10.6. The quantitative estimate of drug-likeness (QED) is 0.384. The molecule has 2 amide bonds. The molecule has 0 unspecified atom stereocenters. The van der Waals surface area contributed by atoms with Crippen molar-refractivity contribution < 1.29 is 27.5 Å². The second-order valence-electron chi connectivity index (χ2n) is 8.33. The number of benzene rings is 3. The van der Waals surface area contributed by atoms with Crippen molar-refractivity contribution in [3.63, 3.8) is 0 Å². The highest BCUT2D eigenvalue weighted by Crippen LogP contribution is 2.28. The van der Waals surface area contributed by atoms with Crippen LogP contribution in [0.2, 0.25) is 5.02 Å². The Kier molecular flexibility index (Phi) is 9.60. The lowest BCUT2D eigenvalue weighted by Gasteiger charge is -2.32. The molecule has 0 spiro atoms. The number of hydrogen-bond acceptors (Lipinski definition) is 6. The van der Waals surface area contributed by atoms with E-state index in [1.165, 1.54) is 56.5 Å². The molecule has 0 saturated carbocycles. The highest BCUT2D eigenvalue weighted by molar-refractivity contribution is 7.92. The summed E-state index contributed by atoms with van der Waals surface area (Å²) in [5, 5.41) is 2.85. The molecule has 0 heterocycles. The normalized spacial score (nSPS) is 11.8. The lowest BCUT2D eigenvalue weighted by atomic mass is 10.1. The summed E-state index contributed by atoms with van der Waals surface area (Å²) in [5.41, 5.74) is 0.913. The van der Waals surface area contributed by atoms with Gasteiger partial charge in [-0.05, 0) is 67.1 Å². The van der Waals surface area contributed by atoms with Gasteiger partial charge < -0.3 is 19.7 Å². The Balaban J connectivity index is 2.03. The van der Waals surface area contributed by atoms with E-state index in [0.29, 0.717) is 22.1 Å². The summed E-state index contributed by atoms with van der Waals surface area (Å²) in [4.78, 5) is 27.6. The van der Waals surface area contributed by atoms with Gasteiger partial charge in [0.2, 0.25) is 11.8 Å². The minimum atomic E-state index is -4.21. The van der Waals surface area contributed by atoms with Crippen LogP contribution in [0.1, 0.15) is 12.5 Å². The minimum absolute atomic E-state index is 0.0372. The van der Waals surface area contributed by atoms with Crippen LogP contribution < -0.4 is 19.1 Å². The maximum absolute atomic E-state index is 13.8. The van der Waals surface area contributed by atoms with Crippen molar-refractivity contribution in [1.82, 2.24) is 10.2 Å². The number of likely N-dealkylation sites (N-methyl/N-ethyl adjacent to an activating group) is 1. The third-order valence-corrected chi connectivity index (χ3v) is 7.95. The molecule has 9 nitrogen and oxygen atoms in total. The van der Waals surface area contributed by atoms with Gasteiger partial charge in [0.05, 0.1) is 24.8 Å². The SMILES string of the molecule is CNC(=O)[C@@H](C)N(Cc1cccc(OC)c1)C(=O)CN(c1cccc(Cl)c1)S(=O)(=O)c1ccc(OC)cc1. The molecule has 38 heavy (non-hydrogen) atoms. The molecule has 0 aliphatic rings. The molecule has 0 aliphatic carbocycles. The Morgan fingerprint density at radius 2 is 1.61 bits per heavy atom. The fourth-order valence-electron chi connectivity index (χ4n) is 3.79. The largest absolute Gasteiger partial charge is 0.497 e. The summed E-state index contributed by atoms with van der Waals surface area (Å²) < 4.78 is 39.0. The van der Waals surface area contributed by atoms with Crippen LogP contribution >= 0.6 is 11.6 Å². The summed E-state index contributed by atoms with van der Waals surface area (Å²) in [6.45, 7) is 1.06. The molecule has 0 radical (unpaired) electrons. The molecule has 3 rings (SSSR count). The molecular weight excluding hydrogens is 530 g/mol. The number of amides is 2. The van der Waals surface area contributed by atoms with Gasteiger partial charge in [0.1, 0.15) is 24.1 Å². The highest BCUT2D eigenvalue weighted by atomic mass is 35.5. The molecule has 0 saturated heterocycles. The first-order valence-electron chi connectivity index (χ1n) is 11.7. The Labute approximate surface area is 228 Å². The zero-order valence-electron chi connectivity index (χ0n) is 21.5. The number of anilines is 1. The number of rotatable bonds is 11. The number of nitrogens with zero attached hydrogens (tertiary/aromatic N) is 2. The average Bonchev–Trinajstić information content (AvgIpc) is 2.93. The Bertz CT molecular complexity index is 1380. The van der Waals surface area contributed by atoms with E-state index >= 15 is 0 Å². The summed E-state index contributed by atoms with van der Waals surface area (Å²) in [6, 6.07) is 18.3. The molecule has 1 N–H and O–H groups in total. The fraction of sp³-hybridized carbons (Fsp3) is 0.259. The van der Waals surface area contributed by atoms with Crippen molar-refractivity contribution in [1.29, 1.82) is 0 Å². The van der Waals surface area contributed by atoms with Crippen LogP contribution in [-0.2, 0) is 26.2 Å². The van der Waals surface area contributed by atoms with Gasteiger partial charge in [0.15, 0.2) is 0 Å². The number of methoxy groups -OCH3 is 2. The number of carbonyl (C=O) groups excluding carboxylic acids is 2. The van der Waals surface area contributed by atoms with E-state index in [0.717, 1.165) is 4.31 Å². The van der Waals surface area contributed by atoms with E-state index in [4.69, 9.17) is 21.1 Å². The van der Waals surface area contributed by atoms with E-state index in [-0.39, 0.29) is 17.1 Å². The van der Waals surface area contributed by atoms with Gasteiger partial charge in [-0.25, -0.2) is 8.42 Å². The van der Waals surface area contributed by atoms with Gasteiger partial charge >= 0.3 is 0 Å².